The van der Waals surface area contributed by atoms with Gasteiger partial charge in [-0.25, -0.2) is 0 Å². The average Bonchev–Trinajstić information content (AvgIpc) is 2.61. The van der Waals surface area contributed by atoms with E-state index in [2.05, 4.69) is 50.8 Å². The van der Waals surface area contributed by atoms with Crippen molar-refractivity contribution in [2.45, 2.75) is 52.5 Å². The summed E-state index contributed by atoms with van der Waals surface area (Å²) in [7, 11) is 0. The van der Waals surface area contributed by atoms with E-state index in [0.717, 1.165) is 12.8 Å². The average molecular weight is 245 g/mol. The number of para-hydroxylation sites is 1. The van der Waals surface area contributed by atoms with Crippen molar-refractivity contribution in [1.29, 1.82) is 0 Å². The van der Waals surface area contributed by atoms with E-state index in [1.165, 1.54) is 16.8 Å². The van der Waals surface area contributed by atoms with Crippen molar-refractivity contribution in [3.63, 3.8) is 0 Å². The minimum absolute atomic E-state index is 0.0493. The van der Waals surface area contributed by atoms with E-state index in [-0.39, 0.29) is 5.54 Å². The molecular weight excluding hydrogens is 222 g/mol. The lowest BCUT2D eigenvalue weighted by atomic mass is 9.96. The molecule has 1 aromatic rings. The molecule has 0 radical (unpaired) electrons. The Hall–Kier alpha value is -1.31. The molecule has 0 unspecified atom stereocenters. The summed E-state index contributed by atoms with van der Waals surface area (Å²) in [5.74, 6) is 0.355. The van der Waals surface area contributed by atoms with Gasteiger partial charge in [-0.05, 0) is 37.8 Å². The fourth-order valence-electron chi connectivity index (χ4n) is 2.97. The normalized spacial score (nSPS) is 18.4. The van der Waals surface area contributed by atoms with E-state index >= 15 is 0 Å². The number of rotatable bonds is 3. The Morgan fingerprint density at radius 1 is 1.17 bits per heavy atom. The summed E-state index contributed by atoms with van der Waals surface area (Å²) in [4.78, 5) is 14.1. The number of nitrogens with zero attached hydrogens (tertiary/aromatic N) is 1. The standard InChI is InChI=1S/C16H23NO/c1-5-12-8-7-9-13(6-2)15(12)17-11-14(18)10-16(17,3)4/h7-9H,5-6,10-11H2,1-4H3. The number of carbonyl (C=O) groups is 1. The van der Waals surface area contributed by atoms with Gasteiger partial charge in [0.1, 0.15) is 0 Å². The minimum atomic E-state index is -0.0493. The van der Waals surface area contributed by atoms with Crippen LogP contribution in [0.2, 0.25) is 0 Å². The topological polar surface area (TPSA) is 20.3 Å². The van der Waals surface area contributed by atoms with Crippen LogP contribution in [0.5, 0.6) is 0 Å². The van der Waals surface area contributed by atoms with Crippen LogP contribution in [-0.4, -0.2) is 17.9 Å². The molecule has 2 heteroatoms. The molecule has 0 amide bonds. The van der Waals surface area contributed by atoms with Gasteiger partial charge >= 0.3 is 0 Å². The SMILES string of the molecule is CCc1cccc(CC)c1N1CC(=O)CC1(C)C. The van der Waals surface area contributed by atoms with Crippen molar-refractivity contribution in [3.05, 3.63) is 29.3 Å². The van der Waals surface area contributed by atoms with Gasteiger partial charge in [-0.2, -0.15) is 0 Å². The highest BCUT2D eigenvalue weighted by Gasteiger charge is 2.38. The Labute approximate surface area is 110 Å². The van der Waals surface area contributed by atoms with Crippen LogP contribution in [0.3, 0.4) is 0 Å². The van der Waals surface area contributed by atoms with Crippen LogP contribution >= 0.6 is 0 Å². The lowest BCUT2D eigenvalue weighted by Crippen LogP contribution is -2.39. The molecule has 98 valence electrons. The number of ketones is 1. The van der Waals surface area contributed by atoms with Crippen LogP contribution < -0.4 is 4.90 Å². The van der Waals surface area contributed by atoms with Gasteiger partial charge in [0.25, 0.3) is 0 Å². The van der Waals surface area contributed by atoms with Gasteiger partial charge in [-0.3, -0.25) is 4.79 Å². The number of benzene rings is 1. The van der Waals surface area contributed by atoms with Crippen molar-refractivity contribution in [2.75, 3.05) is 11.4 Å². The predicted molar refractivity (Wildman–Crippen MR) is 76.2 cm³/mol. The third-order valence-corrected chi connectivity index (χ3v) is 3.93. The maximum Gasteiger partial charge on any atom is 0.154 e. The molecule has 0 N–H and O–H groups in total. The van der Waals surface area contributed by atoms with E-state index in [1.54, 1.807) is 0 Å². The molecular formula is C16H23NO. The monoisotopic (exact) mass is 245 g/mol. The second kappa shape index (κ2) is 4.75. The van der Waals surface area contributed by atoms with Crippen LogP contribution in [0.4, 0.5) is 5.69 Å². The molecule has 0 aliphatic carbocycles. The molecule has 2 rings (SSSR count). The summed E-state index contributed by atoms with van der Waals surface area (Å²) in [6.45, 7) is 9.27. The van der Waals surface area contributed by atoms with Gasteiger partial charge in [-0.15, -0.1) is 0 Å². The Bertz CT molecular complexity index is 440. The first-order valence-corrected chi connectivity index (χ1v) is 6.89. The molecule has 0 spiro atoms. The van der Waals surface area contributed by atoms with E-state index in [1.807, 2.05) is 0 Å². The van der Waals surface area contributed by atoms with Crippen LogP contribution in [0.25, 0.3) is 0 Å². The number of aryl methyl sites for hydroxylation is 2. The molecule has 0 aromatic heterocycles. The Morgan fingerprint density at radius 3 is 2.11 bits per heavy atom. The first-order valence-electron chi connectivity index (χ1n) is 6.89. The quantitative estimate of drug-likeness (QED) is 0.813. The van der Waals surface area contributed by atoms with E-state index in [9.17, 15) is 4.79 Å². The van der Waals surface area contributed by atoms with Crippen molar-refractivity contribution in [3.8, 4) is 0 Å². The number of hydrogen-bond donors (Lipinski definition) is 0. The van der Waals surface area contributed by atoms with Crippen molar-refractivity contribution >= 4 is 11.5 Å². The van der Waals surface area contributed by atoms with Gasteiger partial charge in [0, 0.05) is 17.6 Å². The molecule has 2 nitrogen and oxygen atoms in total. The van der Waals surface area contributed by atoms with E-state index < -0.39 is 0 Å². The molecule has 1 aliphatic rings. The summed E-state index contributed by atoms with van der Waals surface area (Å²) < 4.78 is 0. The Kier molecular flexibility index (Phi) is 3.47. The summed E-state index contributed by atoms with van der Waals surface area (Å²) in [5, 5.41) is 0. The molecule has 1 aromatic carbocycles. The fraction of sp³-hybridized carbons (Fsp3) is 0.562. The van der Waals surface area contributed by atoms with Crippen molar-refractivity contribution in [2.24, 2.45) is 0 Å². The largest absolute Gasteiger partial charge is 0.358 e. The third-order valence-electron chi connectivity index (χ3n) is 3.93. The van der Waals surface area contributed by atoms with Crippen LogP contribution in [0, 0.1) is 0 Å². The zero-order chi connectivity index (χ0) is 13.3. The fourth-order valence-corrected chi connectivity index (χ4v) is 2.97. The highest BCUT2D eigenvalue weighted by atomic mass is 16.1. The number of hydrogen-bond acceptors (Lipinski definition) is 2. The minimum Gasteiger partial charge on any atom is -0.358 e. The molecule has 0 atom stereocenters. The smallest absolute Gasteiger partial charge is 0.154 e. The van der Waals surface area contributed by atoms with Gasteiger partial charge in [0.15, 0.2) is 5.78 Å². The zero-order valence-corrected chi connectivity index (χ0v) is 11.9. The summed E-state index contributed by atoms with van der Waals surface area (Å²) in [5.41, 5.74) is 3.97. The predicted octanol–water partition coefficient (Wildman–Crippen LogP) is 3.37. The number of anilines is 1. The molecule has 1 saturated heterocycles. The second-order valence-electron chi connectivity index (χ2n) is 5.75. The maximum atomic E-state index is 11.8. The summed E-state index contributed by atoms with van der Waals surface area (Å²) >= 11 is 0. The van der Waals surface area contributed by atoms with Gasteiger partial charge in [0.05, 0.1) is 6.54 Å². The van der Waals surface area contributed by atoms with Gasteiger partial charge < -0.3 is 4.90 Å². The van der Waals surface area contributed by atoms with E-state index in [4.69, 9.17) is 0 Å². The van der Waals surface area contributed by atoms with Gasteiger partial charge in [0.2, 0.25) is 0 Å². The third kappa shape index (κ3) is 2.16. The van der Waals surface area contributed by atoms with Gasteiger partial charge in [-0.1, -0.05) is 32.0 Å². The molecule has 1 aliphatic heterocycles. The maximum absolute atomic E-state index is 11.8. The molecule has 18 heavy (non-hydrogen) atoms. The molecule has 1 heterocycles. The number of Topliss-reactive ketones (excluding diaryl/α,β-unsaturated/α-hetero) is 1. The lowest BCUT2D eigenvalue weighted by Gasteiger charge is -2.35. The zero-order valence-electron chi connectivity index (χ0n) is 11.9. The van der Waals surface area contributed by atoms with Crippen LogP contribution in [-0.2, 0) is 17.6 Å². The van der Waals surface area contributed by atoms with Crippen LogP contribution in [0.15, 0.2) is 18.2 Å². The highest BCUT2D eigenvalue weighted by molar-refractivity contribution is 5.90. The molecule has 1 fully saturated rings. The summed E-state index contributed by atoms with van der Waals surface area (Å²) in [6.07, 6.45) is 2.70. The highest BCUT2D eigenvalue weighted by Crippen LogP contribution is 2.37. The number of carbonyl (C=O) groups excluding carboxylic acids is 1. The Balaban J connectivity index is 2.53. The van der Waals surface area contributed by atoms with Crippen LogP contribution in [0.1, 0.15) is 45.2 Å². The van der Waals surface area contributed by atoms with E-state index in [0.29, 0.717) is 18.7 Å². The van der Waals surface area contributed by atoms with Crippen molar-refractivity contribution < 1.29 is 4.79 Å². The molecule has 0 bridgehead atoms. The first kappa shape index (κ1) is 13.1. The first-order chi connectivity index (χ1) is 8.49. The second-order valence-corrected chi connectivity index (χ2v) is 5.75. The summed E-state index contributed by atoms with van der Waals surface area (Å²) in [6, 6.07) is 6.51. The van der Waals surface area contributed by atoms with Crippen molar-refractivity contribution in [1.82, 2.24) is 0 Å². The Morgan fingerprint density at radius 2 is 1.72 bits per heavy atom. The molecule has 0 saturated carbocycles. The lowest BCUT2D eigenvalue weighted by molar-refractivity contribution is -0.116.